The topological polar surface area (TPSA) is 84.5 Å². The molecule has 0 spiro atoms. The molecule has 0 unspecified atom stereocenters. The Bertz CT molecular complexity index is 1200. The van der Waals surface area contributed by atoms with Gasteiger partial charge in [0, 0.05) is 18.2 Å². The van der Waals surface area contributed by atoms with Crippen LogP contribution in [0.4, 0.5) is 0 Å². The number of hydrogen-bond donors (Lipinski definition) is 2. The molecule has 1 aliphatic carbocycles. The normalized spacial score (nSPS) is 13.5. The zero-order chi connectivity index (χ0) is 22.6. The molecule has 1 amide bonds. The van der Waals surface area contributed by atoms with Gasteiger partial charge in [-0.25, -0.2) is 13.1 Å². The molecule has 0 aromatic heterocycles. The number of hydrogen-bond acceptors (Lipinski definition) is 4. The van der Waals surface area contributed by atoms with Gasteiger partial charge in [-0.15, -0.1) is 0 Å². The second-order valence-corrected chi connectivity index (χ2v) is 9.74. The fraction of sp³-hybridized carbons (Fsp3) is 0.240. The Morgan fingerprint density at radius 3 is 2.44 bits per heavy atom. The largest absolute Gasteiger partial charge is 0.489 e. The van der Waals surface area contributed by atoms with E-state index in [0.717, 1.165) is 24.0 Å². The maximum Gasteiger partial charge on any atom is 0.251 e. The predicted molar refractivity (Wildman–Crippen MR) is 123 cm³/mol. The third-order valence-corrected chi connectivity index (χ3v) is 6.71. The number of aryl methyl sites for hydroxylation is 1. The van der Waals surface area contributed by atoms with Crippen LogP contribution in [-0.2, 0) is 23.2 Å². The molecule has 0 aliphatic heterocycles. The number of nitrogens with one attached hydrogen (secondary N) is 2. The van der Waals surface area contributed by atoms with E-state index in [2.05, 4.69) is 16.1 Å². The average molecular weight is 451 g/mol. The summed E-state index contributed by atoms with van der Waals surface area (Å²) in [6.07, 6.45) is 1.78. The number of amides is 1. The van der Waals surface area contributed by atoms with Gasteiger partial charge in [0.15, 0.2) is 0 Å². The highest BCUT2D eigenvalue weighted by Gasteiger charge is 2.27. The van der Waals surface area contributed by atoms with Crippen molar-refractivity contribution < 1.29 is 17.9 Å². The number of rotatable bonds is 9. The number of carbonyl (C=O) groups is 1. The van der Waals surface area contributed by atoms with Gasteiger partial charge < -0.3 is 10.1 Å². The lowest BCUT2D eigenvalue weighted by Crippen LogP contribution is -2.26. The molecule has 4 rings (SSSR count). The Balaban J connectivity index is 1.32. The van der Waals surface area contributed by atoms with Crippen LogP contribution in [-0.4, -0.2) is 20.4 Å². The van der Waals surface area contributed by atoms with Crippen LogP contribution in [0, 0.1) is 6.92 Å². The van der Waals surface area contributed by atoms with Crippen molar-refractivity contribution in [1.29, 1.82) is 0 Å². The molecule has 0 saturated heterocycles. The smallest absolute Gasteiger partial charge is 0.251 e. The van der Waals surface area contributed by atoms with Gasteiger partial charge in [0.2, 0.25) is 10.0 Å². The van der Waals surface area contributed by atoms with Crippen LogP contribution >= 0.6 is 0 Å². The first-order valence-corrected chi connectivity index (χ1v) is 12.1. The molecule has 3 aromatic rings. The van der Waals surface area contributed by atoms with Crippen LogP contribution < -0.4 is 14.8 Å². The minimum Gasteiger partial charge on any atom is -0.489 e. The summed E-state index contributed by atoms with van der Waals surface area (Å²) in [4.78, 5) is 12.8. The highest BCUT2D eigenvalue weighted by Crippen LogP contribution is 2.22. The van der Waals surface area contributed by atoms with Crippen LogP contribution in [0.25, 0.3) is 0 Å². The maximum absolute atomic E-state index is 12.6. The van der Waals surface area contributed by atoms with Crippen molar-refractivity contribution in [3.05, 3.63) is 95.1 Å². The van der Waals surface area contributed by atoms with Crippen LogP contribution in [0.3, 0.4) is 0 Å². The molecule has 2 N–H and O–H groups in total. The van der Waals surface area contributed by atoms with Gasteiger partial charge in [-0.2, -0.15) is 0 Å². The van der Waals surface area contributed by atoms with E-state index in [1.54, 1.807) is 42.5 Å². The van der Waals surface area contributed by atoms with E-state index in [-0.39, 0.29) is 16.8 Å². The van der Waals surface area contributed by atoms with E-state index in [1.165, 1.54) is 5.56 Å². The lowest BCUT2D eigenvalue weighted by Gasteiger charge is -2.10. The highest BCUT2D eigenvalue weighted by molar-refractivity contribution is 7.89. The zero-order valence-corrected chi connectivity index (χ0v) is 18.7. The van der Waals surface area contributed by atoms with Gasteiger partial charge in [0.05, 0.1) is 4.90 Å². The molecule has 0 heterocycles. The molecule has 3 aromatic carbocycles. The number of carbonyl (C=O) groups excluding carboxylic acids is 1. The summed E-state index contributed by atoms with van der Waals surface area (Å²) >= 11 is 0. The average Bonchev–Trinajstić information content (AvgIpc) is 3.60. The third-order valence-electron chi connectivity index (χ3n) is 5.17. The number of benzene rings is 3. The second kappa shape index (κ2) is 9.54. The van der Waals surface area contributed by atoms with E-state index in [9.17, 15) is 13.2 Å². The molecule has 32 heavy (non-hydrogen) atoms. The summed E-state index contributed by atoms with van der Waals surface area (Å²) in [5, 5.41) is 2.86. The lowest BCUT2D eigenvalue weighted by atomic mass is 10.1. The summed E-state index contributed by atoms with van der Waals surface area (Å²) in [6.45, 7) is 2.76. The van der Waals surface area contributed by atoms with Crippen molar-refractivity contribution >= 4 is 15.9 Å². The van der Waals surface area contributed by atoms with E-state index >= 15 is 0 Å². The van der Waals surface area contributed by atoms with Gasteiger partial charge in [0.25, 0.3) is 5.91 Å². The van der Waals surface area contributed by atoms with Crippen LogP contribution in [0.1, 0.15) is 39.9 Å². The highest BCUT2D eigenvalue weighted by atomic mass is 32.2. The summed E-state index contributed by atoms with van der Waals surface area (Å²) in [6, 6.07) is 21.7. The predicted octanol–water partition coefficient (Wildman–Crippen LogP) is 3.94. The summed E-state index contributed by atoms with van der Waals surface area (Å²) in [7, 11) is -3.47. The fourth-order valence-corrected chi connectivity index (χ4v) is 4.56. The van der Waals surface area contributed by atoms with Crippen molar-refractivity contribution in [3.63, 3.8) is 0 Å². The van der Waals surface area contributed by atoms with Crippen molar-refractivity contribution in [3.8, 4) is 5.75 Å². The van der Waals surface area contributed by atoms with Crippen molar-refractivity contribution in [2.75, 3.05) is 0 Å². The number of ether oxygens (including phenoxy) is 1. The van der Waals surface area contributed by atoms with Gasteiger partial charge in [-0.3, -0.25) is 4.79 Å². The Morgan fingerprint density at radius 1 is 0.969 bits per heavy atom. The minimum atomic E-state index is -3.47. The Labute approximate surface area is 188 Å². The van der Waals surface area contributed by atoms with E-state index in [4.69, 9.17) is 4.74 Å². The van der Waals surface area contributed by atoms with Crippen molar-refractivity contribution in [1.82, 2.24) is 10.0 Å². The summed E-state index contributed by atoms with van der Waals surface area (Å²) < 4.78 is 33.0. The molecule has 0 bridgehead atoms. The van der Waals surface area contributed by atoms with Crippen LogP contribution in [0.15, 0.2) is 77.7 Å². The first-order chi connectivity index (χ1) is 15.4. The fourth-order valence-electron chi connectivity index (χ4n) is 3.26. The zero-order valence-electron chi connectivity index (χ0n) is 17.9. The Morgan fingerprint density at radius 2 is 1.72 bits per heavy atom. The summed E-state index contributed by atoms with van der Waals surface area (Å²) in [5.41, 5.74) is 3.55. The molecule has 7 heteroatoms. The molecule has 1 fully saturated rings. The Kier molecular flexibility index (Phi) is 6.58. The van der Waals surface area contributed by atoms with Crippen LogP contribution in [0.2, 0.25) is 0 Å². The minimum absolute atomic E-state index is 0.0653. The van der Waals surface area contributed by atoms with Crippen molar-refractivity contribution in [2.24, 2.45) is 0 Å². The molecule has 0 atom stereocenters. The Hall–Kier alpha value is -3.16. The maximum atomic E-state index is 12.6. The standard InChI is InChI=1S/C25H26N2O4S/c1-18-4-2-5-20(14-18)17-31-23-7-3-6-21(15-23)25(28)26-16-19-8-12-24(13-9-19)32(29,30)27-22-10-11-22/h2-9,12-15,22,27H,10-11,16-17H2,1H3,(H,26,28). The van der Waals surface area contributed by atoms with Gasteiger partial charge in [-0.1, -0.05) is 48.0 Å². The first kappa shape index (κ1) is 22.0. The molecule has 0 radical (unpaired) electrons. The molecule has 6 nitrogen and oxygen atoms in total. The van der Waals surface area contributed by atoms with Gasteiger partial charge in [0.1, 0.15) is 12.4 Å². The SMILES string of the molecule is Cc1cccc(COc2cccc(C(=O)NCc3ccc(S(=O)(=O)NC4CC4)cc3)c2)c1. The molecule has 166 valence electrons. The molecular formula is C25H26N2O4S. The third kappa shape index (κ3) is 5.96. The second-order valence-electron chi connectivity index (χ2n) is 8.03. The van der Waals surface area contributed by atoms with E-state index in [0.29, 0.717) is 24.5 Å². The monoisotopic (exact) mass is 450 g/mol. The van der Waals surface area contributed by atoms with Crippen LogP contribution in [0.5, 0.6) is 5.75 Å². The summed E-state index contributed by atoms with van der Waals surface area (Å²) in [5.74, 6) is 0.398. The molecule has 1 aliphatic rings. The first-order valence-electron chi connectivity index (χ1n) is 10.6. The lowest BCUT2D eigenvalue weighted by molar-refractivity contribution is 0.0950. The number of sulfonamides is 1. The van der Waals surface area contributed by atoms with Gasteiger partial charge >= 0.3 is 0 Å². The quantitative estimate of drug-likeness (QED) is 0.517. The molecule has 1 saturated carbocycles. The van der Waals surface area contributed by atoms with E-state index < -0.39 is 10.0 Å². The van der Waals surface area contributed by atoms with Gasteiger partial charge in [-0.05, 0) is 61.2 Å². The van der Waals surface area contributed by atoms with Crippen molar-refractivity contribution in [2.45, 2.75) is 43.9 Å². The molecular weight excluding hydrogens is 424 g/mol. The van der Waals surface area contributed by atoms with E-state index in [1.807, 2.05) is 31.2 Å².